The summed E-state index contributed by atoms with van der Waals surface area (Å²) in [5.41, 5.74) is 3.79. The predicted molar refractivity (Wildman–Crippen MR) is 73.7 cm³/mol. The van der Waals surface area contributed by atoms with E-state index in [2.05, 4.69) is 41.6 Å². The highest BCUT2D eigenvalue weighted by Gasteiger charge is 2.23. The van der Waals surface area contributed by atoms with Crippen molar-refractivity contribution in [3.63, 3.8) is 0 Å². The third kappa shape index (κ3) is 2.16. The van der Waals surface area contributed by atoms with Gasteiger partial charge in [-0.15, -0.1) is 0 Å². The molecule has 2 aromatic rings. The molecule has 3 heteroatoms. The molecule has 1 fully saturated rings. The second-order valence-electron chi connectivity index (χ2n) is 5.39. The van der Waals surface area contributed by atoms with Gasteiger partial charge in [-0.1, -0.05) is 12.1 Å². The first-order valence-corrected chi connectivity index (χ1v) is 6.69. The number of aliphatic hydroxyl groups excluding tert-OH is 1. The summed E-state index contributed by atoms with van der Waals surface area (Å²) in [6, 6.07) is 6.50. The van der Waals surface area contributed by atoms with E-state index in [1.807, 2.05) is 0 Å². The van der Waals surface area contributed by atoms with Gasteiger partial charge in [-0.05, 0) is 43.5 Å². The molecule has 0 radical (unpaired) electrons. The number of nitrogens with one attached hydrogen (secondary N) is 2. The SMILES string of the molecule is Cc1ccc2c(CC3CNCCC3O)c[nH]c2c1. The molecule has 0 saturated carbocycles. The van der Waals surface area contributed by atoms with Crippen LogP contribution in [0.3, 0.4) is 0 Å². The number of rotatable bonds is 2. The van der Waals surface area contributed by atoms with Crippen LogP contribution in [0.4, 0.5) is 0 Å². The Morgan fingerprint density at radius 1 is 1.39 bits per heavy atom. The molecule has 3 N–H and O–H groups in total. The molecule has 0 spiro atoms. The molecule has 18 heavy (non-hydrogen) atoms. The third-order valence-electron chi connectivity index (χ3n) is 3.97. The Morgan fingerprint density at radius 3 is 3.11 bits per heavy atom. The van der Waals surface area contributed by atoms with Crippen LogP contribution in [0.1, 0.15) is 17.5 Å². The quantitative estimate of drug-likeness (QED) is 0.756. The van der Waals surface area contributed by atoms with Gasteiger partial charge in [0.1, 0.15) is 0 Å². The van der Waals surface area contributed by atoms with Gasteiger partial charge in [0, 0.05) is 29.6 Å². The summed E-state index contributed by atoms with van der Waals surface area (Å²) < 4.78 is 0. The molecule has 1 saturated heterocycles. The van der Waals surface area contributed by atoms with Crippen LogP contribution >= 0.6 is 0 Å². The van der Waals surface area contributed by atoms with Gasteiger partial charge in [-0.3, -0.25) is 0 Å². The predicted octanol–water partition coefficient (Wildman–Crippen LogP) is 1.99. The summed E-state index contributed by atoms with van der Waals surface area (Å²) in [7, 11) is 0. The zero-order valence-corrected chi connectivity index (χ0v) is 10.7. The largest absolute Gasteiger partial charge is 0.393 e. The molecule has 2 atom stereocenters. The summed E-state index contributed by atoms with van der Waals surface area (Å²) in [6.07, 6.45) is 3.73. The minimum atomic E-state index is -0.165. The highest BCUT2D eigenvalue weighted by Crippen LogP contribution is 2.24. The molecular formula is C15H20N2O. The van der Waals surface area contributed by atoms with Crippen LogP contribution in [0, 0.1) is 12.8 Å². The van der Waals surface area contributed by atoms with Gasteiger partial charge in [0.25, 0.3) is 0 Å². The second kappa shape index (κ2) is 4.75. The van der Waals surface area contributed by atoms with Gasteiger partial charge >= 0.3 is 0 Å². The molecular weight excluding hydrogens is 224 g/mol. The smallest absolute Gasteiger partial charge is 0.0595 e. The lowest BCUT2D eigenvalue weighted by Crippen LogP contribution is -2.40. The fraction of sp³-hybridized carbons (Fsp3) is 0.467. The summed E-state index contributed by atoms with van der Waals surface area (Å²) in [5.74, 6) is 0.332. The van der Waals surface area contributed by atoms with E-state index in [1.54, 1.807) is 0 Å². The van der Waals surface area contributed by atoms with E-state index in [0.717, 1.165) is 25.9 Å². The molecule has 96 valence electrons. The Bertz CT molecular complexity index is 546. The van der Waals surface area contributed by atoms with Crippen molar-refractivity contribution in [1.82, 2.24) is 10.3 Å². The fourth-order valence-corrected chi connectivity index (χ4v) is 2.87. The topological polar surface area (TPSA) is 48.0 Å². The average Bonchev–Trinajstić information content (AvgIpc) is 2.74. The zero-order valence-electron chi connectivity index (χ0n) is 10.7. The van der Waals surface area contributed by atoms with Gasteiger partial charge in [-0.25, -0.2) is 0 Å². The van der Waals surface area contributed by atoms with Crippen molar-refractivity contribution in [3.05, 3.63) is 35.5 Å². The Kier molecular flexibility index (Phi) is 3.10. The Balaban J connectivity index is 1.86. The standard InChI is InChI=1S/C15H20N2O/c1-10-2-3-13-11(9-17-14(13)6-10)7-12-8-16-5-4-15(12)18/h2-3,6,9,12,15-18H,4-5,7-8H2,1H3. The number of piperidine rings is 1. The number of aryl methyl sites for hydroxylation is 1. The number of aliphatic hydroxyl groups is 1. The molecule has 1 aromatic carbocycles. The van der Waals surface area contributed by atoms with E-state index >= 15 is 0 Å². The number of fused-ring (bicyclic) bond motifs is 1. The van der Waals surface area contributed by atoms with E-state index in [4.69, 9.17) is 0 Å². The summed E-state index contributed by atoms with van der Waals surface area (Å²) in [5, 5.41) is 14.7. The van der Waals surface area contributed by atoms with E-state index in [0.29, 0.717) is 5.92 Å². The van der Waals surface area contributed by atoms with Gasteiger partial charge in [0.2, 0.25) is 0 Å². The minimum Gasteiger partial charge on any atom is -0.393 e. The third-order valence-corrected chi connectivity index (χ3v) is 3.97. The van der Waals surface area contributed by atoms with E-state index in [1.165, 1.54) is 22.0 Å². The minimum absolute atomic E-state index is 0.165. The highest BCUT2D eigenvalue weighted by molar-refractivity contribution is 5.83. The van der Waals surface area contributed by atoms with Crippen molar-refractivity contribution >= 4 is 10.9 Å². The summed E-state index contributed by atoms with van der Waals surface area (Å²) in [4.78, 5) is 3.33. The van der Waals surface area contributed by atoms with E-state index in [-0.39, 0.29) is 6.10 Å². The zero-order chi connectivity index (χ0) is 12.5. The molecule has 3 nitrogen and oxygen atoms in total. The van der Waals surface area contributed by atoms with Gasteiger partial charge in [-0.2, -0.15) is 0 Å². The molecule has 2 heterocycles. The Morgan fingerprint density at radius 2 is 2.28 bits per heavy atom. The molecule has 0 aliphatic carbocycles. The number of aromatic nitrogens is 1. The maximum Gasteiger partial charge on any atom is 0.0595 e. The first kappa shape index (κ1) is 11.8. The summed E-state index contributed by atoms with van der Waals surface area (Å²) >= 11 is 0. The normalized spacial score (nSPS) is 24.6. The molecule has 0 bridgehead atoms. The van der Waals surface area contributed by atoms with Crippen LogP contribution in [0.15, 0.2) is 24.4 Å². The first-order valence-electron chi connectivity index (χ1n) is 6.69. The van der Waals surface area contributed by atoms with Crippen LogP contribution < -0.4 is 5.32 Å². The lowest BCUT2D eigenvalue weighted by molar-refractivity contribution is 0.0793. The monoisotopic (exact) mass is 244 g/mol. The lowest BCUT2D eigenvalue weighted by atomic mass is 9.89. The molecule has 0 amide bonds. The number of hydrogen-bond donors (Lipinski definition) is 3. The van der Waals surface area contributed by atoms with E-state index < -0.39 is 0 Å². The van der Waals surface area contributed by atoms with Crippen LogP contribution in [0.25, 0.3) is 10.9 Å². The second-order valence-corrected chi connectivity index (χ2v) is 5.39. The molecule has 3 rings (SSSR count). The Labute approximate surface area is 107 Å². The fourth-order valence-electron chi connectivity index (χ4n) is 2.87. The lowest BCUT2D eigenvalue weighted by Gasteiger charge is -2.28. The van der Waals surface area contributed by atoms with Crippen LogP contribution in [0.5, 0.6) is 0 Å². The van der Waals surface area contributed by atoms with Crippen molar-refractivity contribution in [1.29, 1.82) is 0 Å². The van der Waals surface area contributed by atoms with Crippen LogP contribution in [-0.4, -0.2) is 29.3 Å². The molecule has 1 aliphatic heterocycles. The van der Waals surface area contributed by atoms with Gasteiger partial charge < -0.3 is 15.4 Å². The highest BCUT2D eigenvalue weighted by atomic mass is 16.3. The summed E-state index contributed by atoms with van der Waals surface area (Å²) in [6.45, 7) is 3.96. The van der Waals surface area contributed by atoms with Crippen LogP contribution in [-0.2, 0) is 6.42 Å². The average molecular weight is 244 g/mol. The van der Waals surface area contributed by atoms with Gasteiger partial charge in [0.15, 0.2) is 0 Å². The number of benzene rings is 1. The molecule has 1 aliphatic rings. The maximum atomic E-state index is 10.0. The van der Waals surface area contributed by atoms with Gasteiger partial charge in [0.05, 0.1) is 6.10 Å². The number of aromatic amines is 1. The molecule has 1 aromatic heterocycles. The van der Waals surface area contributed by atoms with Crippen molar-refractivity contribution in [2.45, 2.75) is 25.9 Å². The number of hydrogen-bond acceptors (Lipinski definition) is 2. The van der Waals surface area contributed by atoms with Crippen LogP contribution in [0.2, 0.25) is 0 Å². The number of H-pyrrole nitrogens is 1. The van der Waals surface area contributed by atoms with Crippen molar-refractivity contribution in [2.75, 3.05) is 13.1 Å². The van der Waals surface area contributed by atoms with Crippen molar-refractivity contribution in [3.8, 4) is 0 Å². The Hall–Kier alpha value is -1.32. The van der Waals surface area contributed by atoms with Crippen molar-refractivity contribution in [2.24, 2.45) is 5.92 Å². The first-order chi connectivity index (χ1) is 8.74. The maximum absolute atomic E-state index is 10.0. The van der Waals surface area contributed by atoms with Crippen molar-refractivity contribution < 1.29 is 5.11 Å². The molecule has 2 unspecified atom stereocenters. The van der Waals surface area contributed by atoms with E-state index in [9.17, 15) is 5.11 Å².